The van der Waals surface area contributed by atoms with Crippen molar-refractivity contribution in [1.82, 2.24) is 0 Å². The number of rotatable bonds is 6. The van der Waals surface area contributed by atoms with E-state index in [-0.39, 0.29) is 28.8 Å². The van der Waals surface area contributed by atoms with Crippen LogP contribution in [0.25, 0.3) is 20.5 Å². The third-order valence-electron chi connectivity index (χ3n) is 6.50. The van der Waals surface area contributed by atoms with Crippen LogP contribution < -0.4 is 4.74 Å². The largest absolute Gasteiger partial charge is 0.493 e. The van der Waals surface area contributed by atoms with Crippen LogP contribution in [0.3, 0.4) is 0 Å². The fraction of sp³-hybridized carbons (Fsp3) is 0.462. The van der Waals surface area contributed by atoms with Crippen molar-refractivity contribution >= 4 is 21.4 Å². The lowest BCUT2D eigenvalue weighted by Gasteiger charge is -2.29. The summed E-state index contributed by atoms with van der Waals surface area (Å²) in [6.45, 7) is 4.01. The van der Waals surface area contributed by atoms with Gasteiger partial charge in [0.25, 0.3) is 0 Å². The molecule has 0 N–H and O–H groups in total. The van der Waals surface area contributed by atoms with Gasteiger partial charge in [0.2, 0.25) is 0 Å². The van der Waals surface area contributed by atoms with E-state index >= 15 is 4.39 Å². The van der Waals surface area contributed by atoms with Crippen molar-refractivity contribution in [2.75, 3.05) is 6.61 Å². The van der Waals surface area contributed by atoms with E-state index in [0.29, 0.717) is 15.8 Å². The van der Waals surface area contributed by atoms with Gasteiger partial charge in [-0.25, -0.2) is 4.39 Å². The average molecular weight is 465 g/mol. The quantitative estimate of drug-likeness (QED) is 0.330. The molecule has 3 aromatic rings. The molecule has 1 fully saturated rings. The second-order valence-electron chi connectivity index (χ2n) is 8.64. The number of fused-ring (bicyclic) bond motifs is 1. The van der Waals surface area contributed by atoms with Crippen LogP contribution in [-0.2, 0) is 6.18 Å². The van der Waals surface area contributed by atoms with Crippen molar-refractivity contribution in [2.45, 2.75) is 64.5 Å². The predicted octanol–water partition coefficient (Wildman–Crippen LogP) is 9.20. The molecule has 172 valence electrons. The standard InChI is InChI=1S/C26H28F4OS/c1-3-5-16-6-8-17(9-7-16)20-12-10-18(14-21(20)27)23-15-19-11-13-22(31-4-2)24(25(19)32-23)26(28,29)30/h10-17H,3-9H2,1-2H3. The molecule has 1 aliphatic carbocycles. The summed E-state index contributed by atoms with van der Waals surface area (Å²) in [6, 6.07) is 9.86. The summed E-state index contributed by atoms with van der Waals surface area (Å²) in [7, 11) is 0. The zero-order valence-electron chi connectivity index (χ0n) is 18.4. The van der Waals surface area contributed by atoms with Gasteiger partial charge in [0.05, 0.1) is 11.3 Å². The van der Waals surface area contributed by atoms with E-state index in [1.54, 1.807) is 19.1 Å². The summed E-state index contributed by atoms with van der Waals surface area (Å²) >= 11 is 1.03. The van der Waals surface area contributed by atoms with Crippen LogP contribution in [0.1, 0.15) is 69.4 Å². The van der Waals surface area contributed by atoms with Gasteiger partial charge < -0.3 is 4.74 Å². The van der Waals surface area contributed by atoms with Gasteiger partial charge in [-0.15, -0.1) is 11.3 Å². The van der Waals surface area contributed by atoms with Crippen LogP contribution in [0.5, 0.6) is 5.75 Å². The minimum absolute atomic E-state index is 0.122. The number of thiophene rings is 1. The van der Waals surface area contributed by atoms with Gasteiger partial charge in [-0.1, -0.05) is 31.9 Å². The fourth-order valence-electron chi connectivity index (χ4n) is 4.95. The van der Waals surface area contributed by atoms with Gasteiger partial charge >= 0.3 is 6.18 Å². The summed E-state index contributed by atoms with van der Waals surface area (Å²) < 4.78 is 61.8. The van der Waals surface area contributed by atoms with E-state index in [9.17, 15) is 13.2 Å². The maximum Gasteiger partial charge on any atom is 0.421 e. The Balaban J connectivity index is 1.64. The molecular weight excluding hydrogens is 436 g/mol. The Hall–Kier alpha value is -2.08. The van der Waals surface area contributed by atoms with Gasteiger partial charge in [-0.05, 0) is 85.2 Å². The Morgan fingerprint density at radius 1 is 1.00 bits per heavy atom. The van der Waals surface area contributed by atoms with Crippen LogP contribution in [0.2, 0.25) is 0 Å². The first-order chi connectivity index (χ1) is 15.3. The molecule has 0 radical (unpaired) electrons. The normalized spacial score (nSPS) is 19.4. The van der Waals surface area contributed by atoms with Crippen molar-refractivity contribution in [3.05, 3.63) is 53.3 Å². The molecule has 0 amide bonds. The van der Waals surface area contributed by atoms with Crippen molar-refractivity contribution in [2.24, 2.45) is 5.92 Å². The highest BCUT2D eigenvalue weighted by molar-refractivity contribution is 7.22. The molecule has 0 saturated heterocycles. The Labute approximate surface area is 190 Å². The molecule has 6 heteroatoms. The molecule has 0 spiro atoms. The van der Waals surface area contributed by atoms with Crippen LogP contribution in [0.15, 0.2) is 36.4 Å². The van der Waals surface area contributed by atoms with Gasteiger partial charge in [-0.2, -0.15) is 13.2 Å². The molecule has 0 unspecified atom stereocenters. The summed E-state index contributed by atoms with van der Waals surface area (Å²) in [5, 5.41) is 0.486. The number of benzene rings is 2. The van der Waals surface area contributed by atoms with E-state index in [0.717, 1.165) is 48.5 Å². The number of ether oxygens (including phenoxy) is 1. The van der Waals surface area contributed by atoms with E-state index in [1.165, 1.54) is 25.0 Å². The summed E-state index contributed by atoms with van der Waals surface area (Å²) in [4.78, 5) is 0.622. The fourth-order valence-corrected chi connectivity index (χ4v) is 6.17. The van der Waals surface area contributed by atoms with E-state index in [2.05, 4.69) is 6.92 Å². The highest BCUT2D eigenvalue weighted by Crippen LogP contribution is 2.46. The first kappa shape index (κ1) is 23.1. The Kier molecular flexibility index (Phi) is 6.80. The summed E-state index contributed by atoms with van der Waals surface area (Å²) in [5.74, 6) is 0.553. The highest BCUT2D eigenvalue weighted by atomic mass is 32.1. The first-order valence-corrected chi connectivity index (χ1v) is 12.2. The molecule has 1 aliphatic rings. The monoisotopic (exact) mass is 464 g/mol. The lowest BCUT2D eigenvalue weighted by Crippen LogP contribution is -2.14. The molecule has 0 bridgehead atoms. The Bertz CT molecular complexity index is 1080. The third-order valence-corrected chi connectivity index (χ3v) is 7.72. The highest BCUT2D eigenvalue weighted by Gasteiger charge is 2.37. The van der Waals surface area contributed by atoms with Crippen LogP contribution in [0, 0.1) is 11.7 Å². The molecule has 1 heterocycles. The number of hydrogen-bond donors (Lipinski definition) is 0. The second-order valence-corrected chi connectivity index (χ2v) is 9.69. The maximum absolute atomic E-state index is 15.1. The smallest absolute Gasteiger partial charge is 0.421 e. The van der Waals surface area contributed by atoms with Crippen LogP contribution >= 0.6 is 11.3 Å². The summed E-state index contributed by atoms with van der Waals surface area (Å²) in [5.41, 5.74) is 0.589. The molecule has 1 aromatic heterocycles. The second kappa shape index (κ2) is 9.42. The topological polar surface area (TPSA) is 9.23 Å². The van der Waals surface area contributed by atoms with Gasteiger partial charge in [-0.3, -0.25) is 0 Å². The van der Waals surface area contributed by atoms with Gasteiger partial charge in [0, 0.05) is 4.88 Å². The molecule has 4 rings (SSSR count). The predicted molar refractivity (Wildman–Crippen MR) is 123 cm³/mol. The molecule has 0 aliphatic heterocycles. The molecule has 2 aromatic carbocycles. The van der Waals surface area contributed by atoms with Crippen molar-refractivity contribution < 1.29 is 22.3 Å². The summed E-state index contributed by atoms with van der Waals surface area (Å²) in [6.07, 6.45) is 2.17. The lowest BCUT2D eigenvalue weighted by atomic mass is 9.77. The van der Waals surface area contributed by atoms with E-state index in [1.807, 2.05) is 12.1 Å². The van der Waals surface area contributed by atoms with Gasteiger partial charge in [0.15, 0.2) is 0 Å². The third kappa shape index (κ3) is 4.66. The van der Waals surface area contributed by atoms with Crippen LogP contribution in [-0.4, -0.2) is 6.61 Å². The maximum atomic E-state index is 15.1. The first-order valence-electron chi connectivity index (χ1n) is 11.4. The minimum Gasteiger partial charge on any atom is -0.493 e. The van der Waals surface area contributed by atoms with Crippen molar-refractivity contribution in [3.63, 3.8) is 0 Å². The Morgan fingerprint density at radius 3 is 2.38 bits per heavy atom. The number of hydrogen-bond acceptors (Lipinski definition) is 2. The zero-order chi connectivity index (χ0) is 22.9. The minimum atomic E-state index is -4.53. The number of alkyl halides is 3. The Morgan fingerprint density at radius 2 is 1.75 bits per heavy atom. The van der Waals surface area contributed by atoms with E-state index < -0.39 is 11.7 Å². The SMILES string of the molecule is CCCC1CCC(c2ccc(-c3cc4ccc(OCC)c(C(F)(F)F)c4s3)cc2F)CC1. The average Bonchev–Trinajstić information content (AvgIpc) is 3.18. The zero-order valence-corrected chi connectivity index (χ0v) is 19.2. The molecule has 0 atom stereocenters. The van der Waals surface area contributed by atoms with Crippen LogP contribution in [0.4, 0.5) is 17.6 Å². The van der Waals surface area contributed by atoms with Gasteiger partial charge in [0.1, 0.15) is 17.1 Å². The number of halogens is 4. The van der Waals surface area contributed by atoms with Crippen molar-refractivity contribution in [1.29, 1.82) is 0 Å². The van der Waals surface area contributed by atoms with E-state index in [4.69, 9.17) is 4.74 Å². The molecular formula is C26H28F4OS. The molecule has 1 nitrogen and oxygen atoms in total. The molecule has 1 saturated carbocycles. The lowest BCUT2D eigenvalue weighted by molar-refractivity contribution is -0.137. The molecule has 32 heavy (non-hydrogen) atoms. The van der Waals surface area contributed by atoms with Crippen molar-refractivity contribution in [3.8, 4) is 16.2 Å².